The summed E-state index contributed by atoms with van der Waals surface area (Å²) in [6.07, 6.45) is 3.12. The van der Waals surface area contributed by atoms with Crippen LogP contribution in [0.4, 0.5) is 10.1 Å². The van der Waals surface area contributed by atoms with Gasteiger partial charge in [0, 0.05) is 32.6 Å². The third-order valence-corrected chi connectivity index (χ3v) is 5.42. The first-order chi connectivity index (χ1) is 14.1. The molecule has 0 radical (unpaired) electrons. The van der Waals surface area contributed by atoms with Gasteiger partial charge in [-0.3, -0.25) is 9.78 Å². The lowest BCUT2D eigenvalue weighted by molar-refractivity contribution is -0.131. The molecule has 6 nitrogen and oxygen atoms in total. The van der Waals surface area contributed by atoms with Crippen LogP contribution in [-0.2, 0) is 11.2 Å². The first kappa shape index (κ1) is 19.2. The highest BCUT2D eigenvalue weighted by atomic mass is 19.1. The van der Waals surface area contributed by atoms with Gasteiger partial charge in [0.25, 0.3) is 0 Å². The third-order valence-electron chi connectivity index (χ3n) is 5.42. The minimum atomic E-state index is -0.457. The number of nitrogens with one attached hydrogen (secondary N) is 1. The molecule has 7 heteroatoms. The number of oxazole rings is 1. The molecule has 0 bridgehead atoms. The van der Waals surface area contributed by atoms with E-state index in [0.717, 1.165) is 30.5 Å². The van der Waals surface area contributed by atoms with Gasteiger partial charge in [0.2, 0.25) is 5.91 Å². The average molecular weight is 397 g/mol. The van der Waals surface area contributed by atoms with E-state index in [4.69, 9.17) is 4.42 Å². The summed E-state index contributed by atoms with van der Waals surface area (Å²) in [5, 5.41) is 0. The van der Waals surface area contributed by atoms with Gasteiger partial charge in [0.15, 0.2) is 5.58 Å². The van der Waals surface area contributed by atoms with Crippen LogP contribution in [0.1, 0.15) is 24.8 Å². The smallest absolute Gasteiger partial charge is 0.406 e. The summed E-state index contributed by atoms with van der Waals surface area (Å²) in [6, 6.07) is 12.2. The van der Waals surface area contributed by atoms with Gasteiger partial charge in [-0.2, -0.15) is 0 Å². The molecular weight excluding hydrogens is 373 g/mol. The normalized spacial score (nSPS) is 14.5. The second-order valence-corrected chi connectivity index (χ2v) is 7.37. The van der Waals surface area contributed by atoms with Crippen molar-refractivity contribution in [2.75, 3.05) is 31.1 Å². The van der Waals surface area contributed by atoms with Gasteiger partial charge >= 0.3 is 5.76 Å². The van der Waals surface area contributed by atoms with Crippen LogP contribution < -0.4 is 10.7 Å². The topological polar surface area (TPSA) is 69.6 Å². The number of aromatic amines is 1. The van der Waals surface area contributed by atoms with Crippen molar-refractivity contribution in [1.82, 2.24) is 9.88 Å². The number of aryl methyl sites for hydroxylation is 1. The van der Waals surface area contributed by atoms with Crippen molar-refractivity contribution in [3.8, 4) is 0 Å². The molecule has 1 aliphatic heterocycles. The van der Waals surface area contributed by atoms with Crippen molar-refractivity contribution in [1.29, 1.82) is 0 Å². The number of hydrogen-bond donors (Lipinski definition) is 1. The Labute approximate surface area is 167 Å². The van der Waals surface area contributed by atoms with Gasteiger partial charge in [-0.1, -0.05) is 18.2 Å². The molecule has 4 rings (SSSR count). The highest BCUT2D eigenvalue weighted by Gasteiger charge is 2.23. The zero-order valence-electron chi connectivity index (χ0n) is 16.2. The predicted octanol–water partition coefficient (Wildman–Crippen LogP) is 3.32. The van der Waals surface area contributed by atoms with Crippen molar-refractivity contribution in [2.24, 2.45) is 0 Å². The Morgan fingerprint density at radius 1 is 1.03 bits per heavy atom. The second kappa shape index (κ2) is 8.51. The number of nitrogens with zero attached hydrogens (tertiary/aromatic N) is 2. The van der Waals surface area contributed by atoms with E-state index in [2.05, 4.69) is 9.88 Å². The number of carbonyl (C=O) groups excluding carboxylic acids is 1. The van der Waals surface area contributed by atoms with E-state index in [-0.39, 0.29) is 11.7 Å². The fraction of sp³-hybridized carbons (Fsp3) is 0.364. The predicted molar refractivity (Wildman–Crippen MR) is 110 cm³/mol. The molecule has 1 aliphatic rings. The molecule has 1 amide bonds. The molecule has 2 aromatic carbocycles. The van der Waals surface area contributed by atoms with Crippen molar-refractivity contribution in [3.63, 3.8) is 0 Å². The highest BCUT2D eigenvalue weighted by Crippen LogP contribution is 2.26. The minimum absolute atomic E-state index is 0.176. The summed E-state index contributed by atoms with van der Waals surface area (Å²) in [6.45, 7) is 2.72. The number of H-pyrrole nitrogens is 1. The first-order valence-electron chi connectivity index (χ1n) is 9.99. The lowest BCUT2D eigenvalue weighted by Crippen LogP contribution is -2.48. The average Bonchev–Trinajstić information content (AvgIpc) is 3.12. The number of carbonyl (C=O) groups is 1. The van der Waals surface area contributed by atoms with Gasteiger partial charge in [-0.05, 0) is 49.1 Å². The molecule has 0 unspecified atom stereocenters. The van der Waals surface area contributed by atoms with Gasteiger partial charge in [-0.25, -0.2) is 9.18 Å². The van der Waals surface area contributed by atoms with E-state index < -0.39 is 5.76 Å². The zero-order valence-corrected chi connectivity index (χ0v) is 16.2. The third kappa shape index (κ3) is 4.50. The maximum absolute atomic E-state index is 12.9. The first-order valence-corrected chi connectivity index (χ1v) is 9.99. The van der Waals surface area contributed by atoms with Crippen molar-refractivity contribution < 1.29 is 13.6 Å². The van der Waals surface area contributed by atoms with E-state index in [0.29, 0.717) is 43.7 Å². The summed E-state index contributed by atoms with van der Waals surface area (Å²) in [4.78, 5) is 30.7. The number of piperazine rings is 1. The summed E-state index contributed by atoms with van der Waals surface area (Å²) >= 11 is 0. The maximum Gasteiger partial charge on any atom is 0.417 e. The number of hydrogen-bond acceptors (Lipinski definition) is 4. The number of fused-ring (bicyclic) bond motifs is 1. The van der Waals surface area contributed by atoms with E-state index in [1.165, 1.54) is 12.1 Å². The quantitative estimate of drug-likeness (QED) is 0.648. The number of halogens is 1. The number of anilines is 1. The molecule has 1 fully saturated rings. The largest absolute Gasteiger partial charge is 0.417 e. The Balaban J connectivity index is 1.25. The molecule has 0 atom stereocenters. The van der Waals surface area contributed by atoms with E-state index in [9.17, 15) is 14.0 Å². The molecule has 3 aromatic rings. The van der Waals surface area contributed by atoms with Crippen LogP contribution in [-0.4, -0.2) is 42.0 Å². The Kier molecular flexibility index (Phi) is 5.64. The van der Waals surface area contributed by atoms with Crippen LogP contribution >= 0.6 is 0 Å². The zero-order chi connectivity index (χ0) is 20.2. The van der Waals surface area contributed by atoms with Crippen molar-refractivity contribution >= 4 is 22.7 Å². The van der Waals surface area contributed by atoms with Gasteiger partial charge in [0.1, 0.15) is 5.82 Å². The van der Waals surface area contributed by atoms with Crippen molar-refractivity contribution in [3.05, 3.63) is 64.4 Å². The Bertz CT molecular complexity index is 1030. The molecular formula is C22H24FN3O3. The molecule has 1 N–H and O–H groups in total. The molecule has 1 saturated heterocycles. The van der Waals surface area contributed by atoms with Crippen LogP contribution in [0.5, 0.6) is 0 Å². The fourth-order valence-corrected chi connectivity index (χ4v) is 3.82. The monoisotopic (exact) mass is 397 g/mol. The number of aromatic nitrogens is 1. The fourth-order valence-electron chi connectivity index (χ4n) is 3.82. The molecule has 0 spiro atoms. The SMILES string of the molecule is O=C(CCCCc1ccc(F)cc1)N1CCN(c2cccc3[nH]c(=O)oc23)CC1. The van der Waals surface area contributed by atoms with E-state index in [1.807, 2.05) is 23.1 Å². The van der Waals surface area contributed by atoms with Crippen LogP contribution in [0.3, 0.4) is 0 Å². The van der Waals surface area contributed by atoms with Crippen LogP contribution in [0.15, 0.2) is 51.7 Å². The van der Waals surface area contributed by atoms with Crippen LogP contribution in [0.25, 0.3) is 11.1 Å². The Morgan fingerprint density at radius 2 is 1.79 bits per heavy atom. The number of para-hydroxylation sites is 1. The Morgan fingerprint density at radius 3 is 2.55 bits per heavy atom. The molecule has 29 heavy (non-hydrogen) atoms. The van der Waals surface area contributed by atoms with Gasteiger partial charge < -0.3 is 14.2 Å². The molecule has 152 valence electrons. The van der Waals surface area contributed by atoms with Gasteiger partial charge in [-0.15, -0.1) is 0 Å². The molecule has 0 aliphatic carbocycles. The Hall–Kier alpha value is -3.09. The molecule has 0 saturated carbocycles. The lowest BCUT2D eigenvalue weighted by atomic mass is 10.1. The summed E-state index contributed by atoms with van der Waals surface area (Å²) < 4.78 is 18.2. The van der Waals surface area contributed by atoms with E-state index >= 15 is 0 Å². The number of rotatable bonds is 6. The number of amides is 1. The summed E-state index contributed by atoms with van der Waals surface area (Å²) in [5.74, 6) is -0.505. The van der Waals surface area contributed by atoms with Gasteiger partial charge in [0.05, 0.1) is 11.2 Å². The molecule has 1 aromatic heterocycles. The van der Waals surface area contributed by atoms with Crippen molar-refractivity contribution in [2.45, 2.75) is 25.7 Å². The summed E-state index contributed by atoms with van der Waals surface area (Å²) in [7, 11) is 0. The van der Waals surface area contributed by atoms with Crippen LogP contribution in [0, 0.1) is 5.82 Å². The maximum atomic E-state index is 12.9. The lowest BCUT2D eigenvalue weighted by Gasteiger charge is -2.36. The van der Waals surface area contributed by atoms with Crippen LogP contribution in [0.2, 0.25) is 0 Å². The standard InChI is InChI=1S/C22H24FN3O3/c23-17-10-8-16(9-11-17)4-1-2-7-20(27)26-14-12-25(13-15-26)19-6-3-5-18-21(19)29-22(28)24-18/h3,5-6,8-11H,1-2,4,7,12-15H2,(H,24,28). The summed E-state index contributed by atoms with van der Waals surface area (Å²) in [5.41, 5.74) is 3.23. The highest BCUT2D eigenvalue weighted by molar-refractivity contribution is 5.86. The number of unbranched alkanes of at least 4 members (excludes halogenated alkanes) is 1. The minimum Gasteiger partial charge on any atom is -0.406 e. The van der Waals surface area contributed by atoms with E-state index in [1.54, 1.807) is 12.1 Å². The second-order valence-electron chi connectivity index (χ2n) is 7.37. The number of benzene rings is 2. The molecule has 2 heterocycles.